The molecule has 0 spiro atoms. The number of nitrogens with one attached hydrogen (secondary N) is 1. The first kappa shape index (κ1) is 40.0. The van der Waals surface area contributed by atoms with Gasteiger partial charge in [-0.3, -0.25) is 19.2 Å². The molecular weight excluding hydrogens is 780 g/mol. The third kappa shape index (κ3) is 8.33. The lowest BCUT2D eigenvalue weighted by atomic mass is 9.88. The van der Waals surface area contributed by atoms with Gasteiger partial charge in [0.2, 0.25) is 0 Å². The van der Waals surface area contributed by atoms with Crippen LogP contribution in [0.1, 0.15) is 81.8 Å². The minimum Gasteiger partial charge on any atom is -0.508 e. The summed E-state index contributed by atoms with van der Waals surface area (Å²) in [5, 5.41) is 13.6. The molecule has 12 heteroatoms. The van der Waals surface area contributed by atoms with E-state index in [1.165, 1.54) is 33.9 Å². The number of amides is 2. The lowest BCUT2D eigenvalue weighted by molar-refractivity contribution is -0.137. The van der Waals surface area contributed by atoms with Crippen LogP contribution in [0.25, 0.3) is 20.5 Å². The van der Waals surface area contributed by atoms with E-state index in [0.717, 1.165) is 103 Å². The quantitative estimate of drug-likeness (QED) is 0.0986. The standard InChI is InChI=1S/C48H49FN4O6S/c49-36-7-2-33(3-8-36)46-43(40-13-9-37(54)27-42(40)60-46)45(56)32-4-10-38(11-5-32)59-29-30-15-22-51(23-16-30)20-1-21-52-24-17-31(18-25-52)34-6-12-39-35(26-34)28-53(48(39)58)44-41(55)14-19-50-47(44)57/h2-13,26-27,30-31,44,54H,1,14-25,28-29H2,(H,50,57). The summed E-state index contributed by atoms with van der Waals surface area (Å²) in [5.41, 5.74) is 4.59. The molecule has 2 N–H and O–H groups in total. The van der Waals surface area contributed by atoms with Gasteiger partial charge in [0.15, 0.2) is 17.6 Å². The van der Waals surface area contributed by atoms with Crippen LogP contribution in [-0.2, 0) is 16.1 Å². The minimum absolute atomic E-state index is 0.128. The minimum atomic E-state index is -1.02. The predicted octanol–water partition coefficient (Wildman–Crippen LogP) is 7.42. The second kappa shape index (κ2) is 17.3. The Balaban J connectivity index is 0.702. The van der Waals surface area contributed by atoms with E-state index >= 15 is 0 Å². The van der Waals surface area contributed by atoms with Crippen molar-refractivity contribution in [3.8, 4) is 21.9 Å². The van der Waals surface area contributed by atoms with Gasteiger partial charge in [-0.2, -0.15) is 0 Å². The molecule has 60 heavy (non-hydrogen) atoms. The topological polar surface area (TPSA) is 119 Å². The van der Waals surface area contributed by atoms with Crippen LogP contribution in [-0.4, -0.2) is 102 Å². The van der Waals surface area contributed by atoms with Crippen molar-refractivity contribution < 1.29 is 33.4 Å². The molecule has 1 aromatic heterocycles. The molecule has 0 radical (unpaired) electrons. The van der Waals surface area contributed by atoms with Crippen LogP contribution in [0.15, 0.2) is 84.9 Å². The fourth-order valence-electron chi connectivity index (χ4n) is 9.39. The summed E-state index contributed by atoms with van der Waals surface area (Å²) in [4.78, 5) is 59.3. The summed E-state index contributed by atoms with van der Waals surface area (Å²) in [5.74, 6) is 0.501. The Morgan fingerprint density at radius 1 is 0.850 bits per heavy atom. The van der Waals surface area contributed by atoms with Gasteiger partial charge in [0.25, 0.3) is 11.8 Å². The number of ketones is 2. The first-order chi connectivity index (χ1) is 29.2. The normalized spacial score (nSPS) is 19.5. The Morgan fingerprint density at radius 2 is 1.57 bits per heavy atom. The highest BCUT2D eigenvalue weighted by molar-refractivity contribution is 7.22. The number of carbonyl (C=O) groups is 4. The summed E-state index contributed by atoms with van der Waals surface area (Å²) in [6.45, 7) is 7.66. The van der Waals surface area contributed by atoms with E-state index < -0.39 is 6.04 Å². The highest BCUT2D eigenvalue weighted by Crippen LogP contribution is 2.41. The van der Waals surface area contributed by atoms with Gasteiger partial charge < -0.3 is 29.9 Å². The first-order valence-corrected chi connectivity index (χ1v) is 22.0. The molecule has 4 aliphatic heterocycles. The number of hydrogen-bond donors (Lipinski definition) is 2. The van der Waals surface area contributed by atoms with Gasteiger partial charge in [-0.05, 0) is 161 Å². The fraction of sp³-hybridized carbons (Fsp3) is 0.375. The summed E-state index contributed by atoms with van der Waals surface area (Å²) in [7, 11) is 0. The Hall–Kier alpha value is -5.43. The van der Waals surface area contributed by atoms with Crippen molar-refractivity contribution >= 4 is 44.8 Å². The lowest BCUT2D eigenvalue weighted by Crippen LogP contribution is -2.55. The van der Waals surface area contributed by atoms with Crippen LogP contribution in [0.3, 0.4) is 0 Å². The first-order valence-electron chi connectivity index (χ1n) is 21.2. The highest BCUT2D eigenvalue weighted by Gasteiger charge is 2.42. The number of aromatic hydroxyl groups is 1. The van der Waals surface area contributed by atoms with E-state index in [9.17, 15) is 28.7 Å². The molecule has 3 fully saturated rings. The second-order valence-corrected chi connectivity index (χ2v) is 17.7. The SMILES string of the molecule is O=C(c1ccc(OCC2CCN(CCCN3CCC(c4ccc5c(c4)CN(C4C(=O)CCNC4=O)C5=O)CC3)CC2)cc1)c1c(-c2ccc(F)cc2)sc2cc(O)ccc12. The van der Waals surface area contributed by atoms with Gasteiger partial charge >= 0.3 is 0 Å². The third-order valence-corrected chi connectivity index (χ3v) is 14.0. The molecule has 9 rings (SSSR count). The molecule has 5 aromatic rings. The van der Waals surface area contributed by atoms with Gasteiger partial charge in [0.05, 0.1) is 6.61 Å². The summed E-state index contributed by atoms with van der Waals surface area (Å²) < 4.78 is 20.7. The molecule has 3 saturated heterocycles. The number of phenolic OH excluding ortho intramolecular Hbond substituents is 1. The number of carbonyl (C=O) groups excluding carboxylic acids is 4. The van der Waals surface area contributed by atoms with E-state index in [4.69, 9.17) is 4.74 Å². The van der Waals surface area contributed by atoms with Crippen LogP contribution in [0.2, 0.25) is 0 Å². The Morgan fingerprint density at radius 3 is 2.28 bits per heavy atom. The number of fused-ring (bicyclic) bond motifs is 2. The zero-order valence-electron chi connectivity index (χ0n) is 33.5. The fourth-order valence-corrected chi connectivity index (χ4v) is 10.6. The number of likely N-dealkylation sites (tertiary alicyclic amines) is 2. The largest absolute Gasteiger partial charge is 0.508 e. The van der Waals surface area contributed by atoms with E-state index in [2.05, 4.69) is 27.2 Å². The van der Waals surface area contributed by atoms with Crippen molar-refractivity contribution in [3.05, 3.63) is 119 Å². The summed E-state index contributed by atoms with van der Waals surface area (Å²) >= 11 is 1.41. The number of benzene rings is 4. The summed E-state index contributed by atoms with van der Waals surface area (Å²) in [6, 6.07) is 23.5. The molecule has 0 bridgehead atoms. The second-order valence-electron chi connectivity index (χ2n) is 16.7. The number of rotatable bonds is 12. The number of halogens is 1. The van der Waals surface area contributed by atoms with Gasteiger partial charge in [-0.15, -0.1) is 11.3 Å². The van der Waals surface area contributed by atoms with Gasteiger partial charge in [0.1, 0.15) is 17.3 Å². The predicted molar refractivity (Wildman–Crippen MR) is 229 cm³/mol. The maximum Gasteiger partial charge on any atom is 0.255 e. The van der Waals surface area contributed by atoms with E-state index in [1.807, 2.05) is 18.2 Å². The Kier molecular flexibility index (Phi) is 11.5. The Bertz CT molecular complexity index is 2400. The molecule has 10 nitrogen and oxygen atoms in total. The van der Waals surface area contributed by atoms with Crippen molar-refractivity contribution in [2.45, 2.75) is 57.0 Å². The van der Waals surface area contributed by atoms with Crippen LogP contribution >= 0.6 is 11.3 Å². The van der Waals surface area contributed by atoms with Crippen molar-refractivity contribution in [2.24, 2.45) is 5.92 Å². The molecule has 4 aliphatic rings. The molecule has 4 aromatic carbocycles. The van der Waals surface area contributed by atoms with Crippen LogP contribution < -0.4 is 10.1 Å². The maximum atomic E-state index is 13.9. The number of phenols is 1. The summed E-state index contributed by atoms with van der Waals surface area (Å²) in [6.07, 6.45) is 5.71. The number of hydrogen-bond acceptors (Lipinski definition) is 9. The highest BCUT2D eigenvalue weighted by atomic mass is 32.1. The van der Waals surface area contributed by atoms with Crippen LogP contribution in [0.5, 0.6) is 11.5 Å². The van der Waals surface area contributed by atoms with Gasteiger partial charge in [-0.25, -0.2) is 4.39 Å². The van der Waals surface area contributed by atoms with E-state index in [1.54, 1.807) is 42.5 Å². The molecule has 1 unspecified atom stereocenters. The van der Waals surface area contributed by atoms with Crippen molar-refractivity contribution in [2.75, 3.05) is 52.4 Å². The molecule has 0 saturated carbocycles. The number of ether oxygens (including phenoxy) is 1. The lowest BCUT2D eigenvalue weighted by Gasteiger charge is -2.34. The third-order valence-electron chi connectivity index (χ3n) is 12.8. The van der Waals surface area contributed by atoms with E-state index in [-0.39, 0.29) is 41.4 Å². The molecule has 2 amide bonds. The average Bonchev–Trinajstić information content (AvgIpc) is 3.80. The Labute approximate surface area is 352 Å². The zero-order chi connectivity index (χ0) is 41.3. The van der Waals surface area contributed by atoms with Crippen molar-refractivity contribution in [3.63, 3.8) is 0 Å². The smallest absolute Gasteiger partial charge is 0.255 e. The molecule has 0 aliphatic carbocycles. The van der Waals surface area contributed by atoms with Crippen LogP contribution in [0, 0.1) is 11.7 Å². The number of nitrogens with zero attached hydrogens (tertiary/aromatic N) is 3. The van der Waals surface area contributed by atoms with Gasteiger partial charge in [-0.1, -0.05) is 24.3 Å². The number of Topliss-reactive ketones (excluding diaryl/α,β-unsaturated/α-hetero) is 1. The monoisotopic (exact) mass is 828 g/mol. The number of thiophene rings is 1. The van der Waals surface area contributed by atoms with Crippen LogP contribution in [0.4, 0.5) is 4.39 Å². The van der Waals surface area contributed by atoms with Crippen molar-refractivity contribution in [1.82, 2.24) is 20.0 Å². The molecule has 310 valence electrons. The van der Waals surface area contributed by atoms with Gasteiger partial charge in [0, 0.05) is 51.2 Å². The van der Waals surface area contributed by atoms with E-state index in [0.29, 0.717) is 48.2 Å². The average molecular weight is 829 g/mol. The molecule has 1 atom stereocenters. The van der Waals surface area contributed by atoms with Crippen molar-refractivity contribution in [1.29, 1.82) is 0 Å². The molecular formula is C48H49FN4O6S. The molecule has 5 heterocycles. The maximum absolute atomic E-state index is 13.9. The zero-order valence-corrected chi connectivity index (χ0v) is 34.4. The number of piperidine rings is 3.